The second kappa shape index (κ2) is 6.63. The Kier molecular flexibility index (Phi) is 4.75. The first-order valence-corrected chi connectivity index (χ1v) is 9.01. The first kappa shape index (κ1) is 16.5. The molecule has 3 heterocycles. The first-order chi connectivity index (χ1) is 11.0. The maximum absolute atomic E-state index is 10.8. The van der Waals surface area contributed by atoms with Crippen molar-refractivity contribution in [2.24, 2.45) is 0 Å². The Labute approximate surface area is 141 Å². The number of anilines is 1. The summed E-state index contributed by atoms with van der Waals surface area (Å²) in [6, 6.07) is 2.37. The molecular weight excluding hydrogens is 310 g/mol. The van der Waals surface area contributed by atoms with Crippen molar-refractivity contribution < 1.29 is 9.52 Å². The number of aromatic nitrogens is 1. The van der Waals surface area contributed by atoms with Crippen molar-refractivity contribution in [1.29, 1.82) is 0 Å². The summed E-state index contributed by atoms with van der Waals surface area (Å²) in [6.07, 6.45) is 3.99. The molecule has 0 aliphatic carbocycles. The molecule has 6 heteroatoms. The lowest BCUT2D eigenvalue weighted by Crippen LogP contribution is -2.46. The molecule has 0 aromatic carbocycles. The van der Waals surface area contributed by atoms with Gasteiger partial charge in [0.25, 0.3) is 0 Å². The van der Waals surface area contributed by atoms with E-state index in [4.69, 9.17) is 4.42 Å². The van der Waals surface area contributed by atoms with E-state index in [2.05, 4.69) is 15.2 Å². The monoisotopic (exact) mass is 335 g/mol. The number of nitrogens with zero attached hydrogens (tertiary/aromatic N) is 2. The van der Waals surface area contributed by atoms with Gasteiger partial charge in [0.2, 0.25) is 0 Å². The molecule has 0 amide bonds. The van der Waals surface area contributed by atoms with Crippen LogP contribution in [-0.2, 0) is 5.60 Å². The van der Waals surface area contributed by atoms with Gasteiger partial charge in [0.05, 0.1) is 0 Å². The van der Waals surface area contributed by atoms with Crippen molar-refractivity contribution in [2.45, 2.75) is 45.3 Å². The number of thiazole rings is 1. The maximum Gasteiger partial charge on any atom is 0.185 e. The van der Waals surface area contributed by atoms with E-state index in [0.29, 0.717) is 12.6 Å². The van der Waals surface area contributed by atoms with Crippen molar-refractivity contribution in [3.05, 3.63) is 34.7 Å². The molecule has 0 spiro atoms. The van der Waals surface area contributed by atoms with Gasteiger partial charge in [-0.2, -0.15) is 0 Å². The number of hydrogen-bond donors (Lipinski definition) is 2. The van der Waals surface area contributed by atoms with Gasteiger partial charge in [-0.15, -0.1) is 11.3 Å². The zero-order chi connectivity index (χ0) is 16.4. The molecule has 0 radical (unpaired) electrons. The van der Waals surface area contributed by atoms with E-state index in [9.17, 15) is 5.11 Å². The zero-order valence-corrected chi connectivity index (χ0v) is 14.8. The number of aliphatic hydroxyl groups is 1. The summed E-state index contributed by atoms with van der Waals surface area (Å²) in [5, 5.41) is 17.4. The highest BCUT2D eigenvalue weighted by molar-refractivity contribution is 7.13. The largest absolute Gasteiger partial charge is 0.466 e. The fourth-order valence-electron chi connectivity index (χ4n) is 3.25. The summed E-state index contributed by atoms with van der Waals surface area (Å²) in [4.78, 5) is 6.71. The smallest absolute Gasteiger partial charge is 0.185 e. The summed E-state index contributed by atoms with van der Waals surface area (Å²) >= 11 is 1.69. The maximum atomic E-state index is 10.8. The van der Waals surface area contributed by atoms with E-state index in [1.807, 2.05) is 38.4 Å². The lowest BCUT2D eigenvalue weighted by Gasteiger charge is -2.34. The molecule has 1 saturated heterocycles. The zero-order valence-electron chi connectivity index (χ0n) is 14.0. The van der Waals surface area contributed by atoms with Crippen LogP contribution in [0.1, 0.15) is 36.8 Å². The second-order valence-corrected chi connectivity index (χ2v) is 7.43. The Morgan fingerprint density at radius 2 is 2.17 bits per heavy atom. The van der Waals surface area contributed by atoms with Crippen LogP contribution in [0.25, 0.3) is 0 Å². The molecule has 0 bridgehead atoms. The summed E-state index contributed by atoms with van der Waals surface area (Å²) < 4.78 is 5.55. The number of piperidine rings is 1. The average Bonchev–Trinajstić information content (AvgIpc) is 3.16. The van der Waals surface area contributed by atoms with Crippen molar-refractivity contribution in [1.82, 2.24) is 10.3 Å². The highest BCUT2D eigenvalue weighted by Gasteiger charge is 2.29. The molecule has 0 saturated carbocycles. The summed E-state index contributed by atoms with van der Waals surface area (Å²) in [5.41, 5.74) is -0.0309. The standard InChI is InChI=1S/C17H25N3O2S/c1-12-10-15(13(2)22-12)17(3,21)11-19-14-4-7-20(8-5-14)16-18-6-9-23-16/h6,9-10,14,19,21H,4-5,7-8,11H2,1-3H3. The molecule has 2 aromatic rings. The topological polar surface area (TPSA) is 61.5 Å². The third kappa shape index (κ3) is 3.76. The lowest BCUT2D eigenvalue weighted by molar-refractivity contribution is 0.0513. The molecule has 1 aliphatic heterocycles. The summed E-state index contributed by atoms with van der Waals surface area (Å²) in [6.45, 7) is 8.22. The molecule has 126 valence electrons. The van der Waals surface area contributed by atoms with Gasteiger partial charge in [0.15, 0.2) is 5.13 Å². The van der Waals surface area contributed by atoms with E-state index in [1.165, 1.54) is 0 Å². The van der Waals surface area contributed by atoms with E-state index < -0.39 is 5.60 Å². The van der Waals surface area contributed by atoms with E-state index in [-0.39, 0.29) is 0 Å². The predicted molar refractivity (Wildman–Crippen MR) is 93.1 cm³/mol. The van der Waals surface area contributed by atoms with Crippen LogP contribution >= 0.6 is 11.3 Å². The molecule has 23 heavy (non-hydrogen) atoms. The van der Waals surface area contributed by atoms with Crippen LogP contribution < -0.4 is 10.2 Å². The Morgan fingerprint density at radius 3 is 2.74 bits per heavy atom. The number of aryl methyl sites for hydroxylation is 2. The number of nitrogens with one attached hydrogen (secondary N) is 1. The van der Waals surface area contributed by atoms with E-state index in [1.54, 1.807) is 11.3 Å². The second-order valence-electron chi connectivity index (χ2n) is 6.56. The van der Waals surface area contributed by atoms with Crippen molar-refractivity contribution in [2.75, 3.05) is 24.5 Å². The molecular formula is C17H25N3O2S. The highest BCUT2D eigenvalue weighted by atomic mass is 32.1. The van der Waals surface area contributed by atoms with Gasteiger partial charge in [-0.1, -0.05) is 0 Å². The molecule has 1 fully saturated rings. The summed E-state index contributed by atoms with van der Waals surface area (Å²) in [5.74, 6) is 1.64. The molecule has 1 unspecified atom stereocenters. The Bertz CT molecular complexity index is 628. The Morgan fingerprint density at radius 1 is 1.43 bits per heavy atom. The first-order valence-electron chi connectivity index (χ1n) is 8.13. The molecule has 2 N–H and O–H groups in total. The minimum absolute atomic E-state index is 0.436. The van der Waals surface area contributed by atoms with Gasteiger partial charge >= 0.3 is 0 Å². The summed E-state index contributed by atoms with van der Waals surface area (Å²) in [7, 11) is 0. The molecule has 3 rings (SSSR count). The quantitative estimate of drug-likeness (QED) is 0.880. The fourth-order valence-corrected chi connectivity index (χ4v) is 3.95. The Balaban J connectivity index is 1.52. The number of rotatable bonds is 5. The van der Waals surface area contributed by atoms with Crippen LogP contribution in [0.3, 0.4) is 0 Å². The van der Waals surface area contributed by atoms with Crippen LogP contribution in [0, 0.1) is 13.8 Å². The van der Waals surface area contributed by atoms with E-state index >= 15 is 0 Å². The van der Waals surface area contributed by atoms with Gasteiger partial charge in [-0.25, -0.2) is 4.98 Å². The number of hydrogen-bond acceptors (Lipinski definition) is 6. The van der Waals surface area contributed by atoms with Gasteiger partial charge in [-0.3, -0.25) is 0 Å². The van der Waals surface area contributed by atoms with Gasteiger partial charge < -0.3 is 19.7 Å². The molecule has 2 aromatic heterocycles. The third-order valence-corrected chi connectivity index (χ3v) is 5.37. The van der Waals surface area contributed by atoms with Gasteiger partial charge in [-0.05, 0) is 39.7 Å². The van der Waals surface area contributed by atoms with Gasteiger partial charge in [0.1, 0.15) is 17.1 Å². The van der Waals surface area contributed by atoms with Crippen LogP contribution in [-0.4, -0.2) is 35.8 Å². The van der Waals surface area contributed by atoms with Gasteiger partial charge in [0, 0.05) is 42.8 Å². The van der Waals surface area contributed by atoms with Crippen LogP contribution in [0.4, 0.5) is 5.13 Å². The van der Waals surface area contributed by atoms with Crippen molar-refractivity contribution in [3.8, 4) is 0 Å². The van der Waals surface area contributed by atoms with E-state index in [0.717, 1.165) is 48.1 Å². The minimum Gasteiger partial charge on any atom is -0.466 e. The highest BCUT2D eigenvalue weighted by Crippen LogP contribution is 2.27. The van der Waals surface area contributed by atoms with Crippen molar-refractivity contribution in [3.63, 3.8) is 0 Å². The fraction of sp³-hybridized carbons (Fsp3) is 0.588. The van der Waals surface area contributed by atoms with Crippen molar-refractivity contribution >= 4 is 16.5 Å². The normalized spacial score (nSPS) is 19.0. The number of furan rings is 1. The Hall–Kier alpha value is -1.37. The van der Waals surface area contributed by atoms with Crippen LogP contribution in [0.5, 0.6) is 0 Å². The average molecular weight is 335 g/mol. The molecule has 1 aliphatic rings. The third-order valence-electron chi connectivity index (χ3n) is 4.54. The van der Waals surface area contributed by atoms with Crippen LogP contribution in [0.15, 0.2) is 22.1 Å². The minimum atomic E-state index is -0.908. The molecule has 1 atom stereocenters. The van der Waals surface area contributed by atoms with Crippen LogP contribution in [0.2, 0.25) is 0 Å². The molecule has 5 nitrogen and oxygen atoms in total. The SMILES string of the molecule is Cc1cc(C(C)(O)CNC2CCN(c3nccs3)CC2)c(C)o1. The predicted octanol–water partition coefficient (Wildman–Crippen LogP) is 2.82. The lowest BCUT2D eigenvalue weighted by atomic mass is 9.95.